The van der Waals surface area contributed by atoms with Crippen LogP contribution in [0, 0.1) is 28.6 Å². The molecule has 5 rings (SSSR count). The van der Waals surface area contributed by atoms with Gasteiger partial charge in [0.05, 0.1) is 18.9 Å². The van der Waals surface area contributed by atoms with Gasteiger partial charge in [-0.25, -0.2) is 4.79 Å². The second kappa shape index (κ2) is 10.8. The SMILES string of the molecule is COC(=O)[C@@H](Cc1ccccc1)NC(=O)CO/N=C1/C=C2CC[C@H]3[C@@H]4CC[C@@H](O)[C@@]4(C)CC[C@@H]3[C@@]2(C)CC1. The fourth-order valence-corrected chi connectivity index (χ4v) is 8.21. The maximum atomic E-state index is 12.5. The predicted molar refractivity (Wildman–Crippen MR) is 145 cm³/mol. The van der Waals surface area contributed by atoms with Gasteiger partial charge in [0.1, 0.15) is 6.04 Å². The standard InChI is InChI=1S/C31H42N2O5/c1-30-15-13-22(18-21(30)9-10-23-24-11-12-27(34)31(24,2)16-14-25(23)30)33-38-19-28(35)32-26(29(36)37-3)17-20-7-5-4-6-8-20/h4-8,18,23-27,34H,9-17,19H2,1-3H3,(H,32,35)/b33-22+/t23-,24-,25-,26+,27+,30-,31-/m0/s1. The van der Waals surface area contributed by atoms with Gasteiger partial charge in [0.25, 0.3) is 5.91 Å². The topological polar surface area (TPSA) is 97.2 Å². The third-order valence-electron chi connectivity index (χ3n) is 10.4. The first-order valence-corrected chi connectivity index (χ1v) is 14.2. The van der Waals surface area contributed by atoms with Gasteiger partial charge in [-0.15, -0.1) is 0 Å². The van der Waals surface area contributed by atoms with Gasteiger partial charge in [0, 0.05) is 6.42 Å². The van der Waals surface area contributed by atoms with Crippen molar-refractivity contribution in [3.05, 3.63) is 47.5 Å². The van der Waals surface area contributed by atoms with Crippen molar-refractivity contribution in [2.24, 2.45) is 33.7 Å². The molecule has 0 saturated heterocycles. The highest BCUT2D eigenvalue weighted by atomic mass is 16.6. The molecule has 1 amide bonds. The number of esters is 1. The van der Waals surface area contributed by atoms with Gasteiger partial charge in [-0.05, 0) is 91.6 Å². The van der Waals surface area contributed by atoms with Crippen LogP contribution >= 0.6 is 0 Å². The predicted octanol–water partition coefficient (Wildman–Crippen LogP) is 4.58. The Kier molecular flexibility index (Phi) is 7.67. The number of allylic oxidation sites excluding steroid dienone is 2. The van der Waals surface area contributed by atoms with Crippen molar-refractivity contribution in [2.75, 3.05) is 13.7 Å². The number of ether oxygens (including phenoxy) is 1. The molecule has 0 radical (unpaired) electrons. The Labute approximate surface area is 226 Å². The summed E-state index contributed by atoms with van der Waals surface area (Å²) >= 11 is 0. The average molecular weight is 523 g/mol. The molecule has 4 aliphatic carbocycles. The van der Waals surface area contributed by atoms with E-state index in [9.17, 15) is 14.7 Å². The van der Waals surface area contributed by atoms with E-state index in [1.54, 1.807) is 0 Å². The lowest BCUT2D eigenvalue weighted by atomic mass is 9.47. The molecule has 0 aliphatic heterocycles. The molecular formula is C31H42N2O5. The second-order valence-electron chi connectivity index (χ2n) is 12.3. The molecule has 7 atom stereocenters. The number of fused-ring (bicyclic) bond motifs is 5. The van der Waals surface area contributed by atoms with Gasteiger partial charge in [0.2, 0.25) is 0 Å². The lowest BCUT2D eigenvalue weighted by molar-refractivity contribution is -0.145. The Morgan fingerprint density at radius 1 is 1.08 bits per heavy atom. The smallest absolute Gasteiger partial charge is 0.328 e. The van der Waals surface area contributed by atoms with E-state index < -0.39 is 17.9 Å². The summed E-state index contributed by atoms with van der Waals surface area (Å²) in [6, 6.07) is 8.73. The number of hydrogen-bond acceptors (Lipinski definition) is 6. The van der Waals surface area contributed by atoms with Crippen LogP contribution in [0.15, 0.2) is 47.1 Å². The molecule has 4 aliphatic rings. The molecule has 0 unspecified atom stereocenters. The number of nitrogens with one attached hydrogen (secondary N) is 1. The highest BCUT2D eigenvalue weighted by Gasteiger charge is 2.58. The molecule has 0 heterocycles. The Balaban J connectivity index is 1.18. The molecule has 0 bridgehead atoms. The maximum Gasteiger partial charge on any atom is 0.328 e. The van der Waals surface area contributed by atoms with Crippen LogP contribution in [0.25, 0.3) is 0 Å². The Morgan fingerprint density at radius 3 is 2.63 bits per heavy atom. The first-order chi connectivity index (χ1) is 18.2. The van der Waals surface area contributed by atoms with Crippen molar-refractivity contribution in [1.82, 2.24) is 5.32 Å². The zero-order valence-electron chi connectivity index (χ0n) is 22.9. The summed E-state index contributed by atoms with van der Waals surface area (Å²) in [6.45, 7) is 4.52. The summed E-state index contributed by atoms with van der Waals surface area (Å²) < 4.78 is 4.87. The lowest BCUT2D eigenvalue weighted by Gasteiger charge is -2.57. The van der Waals surface area contributed by atoms with Gasteiger partial charge >= 0.3 is 5.97 Å². The molecule has 0 aromatic heterocycles. The highest BCUT2D eigenvalue weighted by molar-refractivity contribution is 5.96. The third kappa shape index (κ3) is 5.02. The van der Waals surface area contributed by atoms with Crippen molar-refractivity contribution in [2.45, 2.75) is 83.8 Å². The molecule has 1 aromatic carbocycles. The monoisotopic (exact) mass is 522 g/mol. The van der Waals surface area contributed by atoms with E-state index in [2.05, 4.69) is 30.4 Å². The Morgan fingerprint density at radius 2 is 1.87 bits per heavy atom. The molecule has 3 fully saturated rings. The molecule has 3 saturated carbocycles. The number of carbonyl (C=O) groups excluding carboxylic acids is 2. The fourth-order valence-electron chi connectivity index (χ4n) is 8.21. The summed E-state index contributed by atoms with van der Waals surface area (Å²) in [5.74, 6) is 1.11. The minimum absolute atomic E-state index is 0.0996. The Hall–Kier alpha value is -2.67. The zero-order valence-corrected chi connectivity index (χ0v) is 22.9. The number of aliphatic hydroxyl groups excluding tert-OH is 1. The number of nitrogens with zero attached hydrogens (tertiary/aromatic N) is 1. The minimum Gasteiger partial charge on any atom is -0.467 e. The largest absolute Gasteiger partial charge is 0.467 e. The average Bonchev–Trinajstić information content (AvgIpc) is 3.22. The van der Waals surface area contributed by atoms with Gasteiger partial charge in [-0.3, -0.25) is 4.79 Å². The van der Waals surface area contributed by atoms with Gasteiger partial charge < -0.3 is 20.0 Å². The molecule has 2 N–H and O–H groups in total. The lowest BCUT2D eigenvalue weighted by Crippen LogP contribution is -2.51. The van der Waals surface area contributed by atoms with Crippen LogP contribution in [0.5, 0.6) is 0 Å². The number of rotatable bonds is 7. The van der Waals surface area contributed by atoms with E-state index in [4.69, 9.17) is 9.57 Å². The van der Waals surface area contributed by atoms with Crippen molar-refractivity contribution in [3.63, 3.8) is 0 Å². The molecule has 7 nitrogen and oxygen atoms in total. The first kappa shape index (κ1) is 26.9. The second-order valence-corrected chi connectivity index (χ2v) is 12.3. The van der Waals surface area contributed by atoms with Crippen molar-refractivity contribution in [1.29, 1.82) is 0 Å². The zero-order chi connectivity index (χ0) is 26.9. The van der Waals surface area contributed by atoms with Gasteiger partial charge in [0.15, 0.2) is 6.61 Å². The number of benzene rings is 1. The van der Waals surface area contributed by atoms with Crippen LogP contribution in [-0.4, -0.2) is 48.6 Å². The van der Waals surface area contributed by atoms with E-state index >= 15 is 0 Å². The number of hydrogen-bond donors (Lipinski definition) is 2. The number of oxime groups is 1. The van der Waals surface area contributed by atoms with Crippen LogP contribution in [-0.2, 0) is 25.6 Å². The van der Waals surface area contributed by atoms with Gasteiger partial charge in [-0.1, -0.05) is 54.9 Å². The van der Waals surface area contributed by atoms with E-state index in [-0.39, 0.29) is 23.5 Å². The van der Waals surface area contributed by atoms with Crippen LogP contribution in [0.2, 0.25) is 0 Å². The minimum atomic E-state index is -0.780. The molecular weight excluding hydrogens is 480 g/mol. The molecule has 7 heteroatoms. The first-order valence-electron chi connectivity index (χ1n) is 14.2. The summed E-state index contributed by atoms with van der Waals surface area (Å²) in [5, 5.41) is 17.7. The molecule has 38 heavy (non-hydrogen) atoms. The summed E-state index contributed by atoms with van der Waals surface area (Å²) in [6.07, 6.45) is 11.0. The van der Waals surface area contributed by atoms with Crippen molar-refractivity contribution >= 4 is 17.6 Å². The maximum absolute atomic E-state index is 12.5. The highest BCUT2D eigenvalue weighted by Crippen LogP contribution is 2.65. The summed E-state index contributed by atoms with van der Waals surface area (Å²) in [7, 11) is 1.32. The molecule has 0 spiro atoms. The normalized spacial score (nSPS) is 35.8. The van der Waals surface area contributed by atoms with E-state index in [0.717, 1.165) is 43.4 Å². The number of aliphatic hydroxyl groups is 1. The van der Waals surface area contributed by atoms with E-state index in [1.165, 1.54) is 31.9 Å². The molecule has 1 aromatic rings. The van der Waals surface area contributed by atoms with E-state index in [0.29, 0.717) is 24.2 Å². The summed E-state index contributed by atoms with van der Waals surface area (Å²) in [4.78, 5) is 30.2. The fraction of sp³-hybridized carbons (Fsp3) is 0.645. The number of amides is 1. The van der Waals surface area contributed by atoms with Gasteiger partial charge in [-0.2, -0.15) is 0 Å². The van der Waals surface area contributed by atoms with Crippen molar-refractivity contribution in [3.8, 4) is 0 Å². The number of methoxy groups -OCH3 is 1. The summed E-state index contributed by atoms with van der Waals surface area (Å²) in [5.41, 5.74) is 3.56. The Bertz CT molecular complexity index is 1100. The van der Waals surface area contributed by atoms with Crippen LogP contribution in [0.4, 0.5) is 0 Å². The van der Waals surface area contributed by atoms with E-state index in [1.807, 2.05) is 30.3 Å². The van der Waals surface area contributed by atoms with Crippen LogP contribution in [0.1, 0.15) is 70.8 Å². The van der Waals surface area contributed by atoms with Crippen LogP contribution in [0.3, 0.4) is 0 Å². The number of carbonyl (C=O) groups is 2. The third-order valence-corrected chi connectivity index (χ3v) is 10.4. The van der Waals surface area contributed by atoms with Crippen LogP contribution < -0.4 is 5.32 Å². The molecule has 206 valence electrons. The quantitative estimate of drug-likeness (QED) is 0.404. The van der Waals surface area contributed by atoms with Crippen molar-refractivity contribution < 1.29 is 24.3 Å².